The van der Waals surface area contributed by atoms with Gasteiger partial charge in [-0.25, -0.2) is 0 Å². The molecule has 0 aliphatic rings. The molecule has 1 unspecified atom stereocenters. The van der Waals surface area contributed by atoms with Crippen LogP contribution in [-0.4, -0.2) is 19.0 Å². The standard InChI is InChI=1S/C12H19ClN2OS/c1-8(2)6-15-12(16)7-14-9(3)10-4-5-11(13)17-10/h4-5,8-9,14H,6-7H2,1-3H3,(H,15,16). The minimum absolute atomic E-state index is 0.0354. The fraction of sp³-hybridized carbons (Fsp3) is 0.583. The van der Waals surface area contributed by atoms with E-state index in [-0.39, 0.29) is 11.9 Å². The van der Waals surface area contributed by atoms with Crippen LogP contribution >= 0.6 is 22.9 Å². The topological polar surface area (TPSA) is 41.1 Å². The largest absolute Gasteiger partial charge is 0.355 e. The van der Waals surface area contributed by atoms with Crippen LogP contribution in [0.25, 0.3) is 0 Å². The predicted molar refractivity (Wildman–Crippen MR) is 73.6 cm³/mol. The van der Waals surface area contributed by atoms with Gasteiger partial charge in [-0.05, 0) is 25.0 Å². The molecule has 0 aliphatic carbocycles. The molecule has 1 heterocycles. The summed E-state index contributed by atoms with van der Waals surface area (Å²) in [5.74, 6) is 0.515. The maximum Gasteiger partial charge on any atom is 0.233 e. The van der Waals surface area contributed by atoms with Crippen LogP contribution in [0.3, 0.4) is 0 Å². The van der Waals surface area contributed by atoms with Crippen LogP contribution in [-0.2, 0) is 4.79 Å². The first-order valence-electron chi connectivity index (χ1n) is 5.74. The Labute approximate surface area is 112 Å². The van der Waals surface area contributed by atoms with Crippen LogP contribution in [0.15, 0.2) is 12.1 Å². The summed E-state index contributed by atoms with van der Waals surface area (Å²) in [7, 11) is 0. The Balaban J connectivity index is 2.28. The summed E-state index contributed by atoms with van der Waals surface area (Å²) in [5, 5.41) is 6.05. The summed E-state index contributed by atoms with van der Waals surface area (Å²) in [4.78, 5) is 12.6. The fourth-order valence-corrected chi connectivity index (χ4v) is 2.38. The van der Waals surface area contributed by atoms with E-state index in [1.54, 1.807) is 0 Å². The Hall–Kier alpha value is -0.580. The Bertz CT molecular complexity index is 365. The van der Waals surface area contributed by atoms with Gasteiger partial charge in [-0.3, -0.25) is 4.79 Å². The summed E-state index contributed by atoms with van der Waals surface area (Å²) in [6.07, 6.45) is 0. The van der Waals surface area contributed by atoms with Crippen molar-refractivity contribution in [3.8, 4) is 0 Å². The lowest BCUT2D eigenvalue weighted by Crippen LogP contribution is -2.36. The zero-order valence-corrected chi connectivity index (χ0v) is 12.0. The van der Waals surface area contributed by atoms with Crippen molar-refractivity contribution in [1.82, 2.24) is 10.6 Å². The zero-order valence-electron chi connectivity index (χ0n) is 10.4. The molecule has 0 spiro atoms. The molecule has 1 aromatic rings. The lowest BCUT2D eigenvalue weighted by Gasteiger charge is -2.12. The third-order valence-electron chi connectivity index (χ3n) is 2.30. The van der Waals surface area contributed by atoms with Crippen molar-refractivity contribution in [2.24, 2.45) is 5.92 Å². The van der Waals surface area contributed by atoms with Gasteiger partial charge in [0.25, 0.3) is 0 Å². The molecule has 0 fully saturated rings. The highest BCUT2D eigenvalue weighted by atomic mass is 35.5. The first-order valence-corrected chi connectivity index (χ1v) is 6.93. The molecule has 1 rings (SSSR count). The highest BCUT2D eigenvalue weighted by molar-refractivity contribution is 7.16. The quantitative estimate of drug-likeness (QED) is 0.838. The van der Waals surface area contributed by atoms with Gasteiger partial charge in [-0.2, -0.15) is 0 Å². The maximum atomic E-state index is 11.5. The number of carbonyl (C=O) groups excluding carboxylic acids is 1. The average molecular weight is 275 g/mol. The second-order valence-electron chi connectivity index (χ2n) is 4.44. The Morgan fingerprint density at radius 1 is 1.41 bits per heavy atom. The molecule has 17 heavy (non-hydrogen) atoms. The molecule has 1 amide bonds. The lowest BCUT2D eigenvalue weighted by atomic mass is 10.2. The molecule has 0 radical (unpaired) electrons. The molecule has 96 valence electrons. The summed E-state index contributed by atoms with van der Waals surface area (Å²) in [5.41, 5.74) is 0. The number of carbonyl (C=O) groups is 1. The molecular weight excluding hydrogens is 256 g/mol. The van der Waals surface area contributed by atoms with Gasteiger partial charge in [-0.1, -0.05) is 25.4 Å². The van der Waals surface area contributed by atoms with Crippen molar-refractivity contribution in [1.29, 1.82) is 0 Å². The zero-order chi connectivity index (χ0) is 12.8. The number of amides is 1. The van der Waals surface area contributed by atoms with E-state index in [0.29, 0.717) is 12.5 Å². The molecule has 2 N–H and O–H groups in total. The van der Waals surface area contributed by atoms with Gasteiger partial charge in [0, 0.05) is 17.5 Å². The molecule has 0 aromatic carbocycles. The van der Waals surface area contributed by atoms with Crippen LogP contribution in [0.4, 0.5) is 0 Å². The number of rotatable bonds is 6. The minimum Gasteiger partial charge on any atom is -0.355 e. The summed E-state index contributed by atoms with van der Waals surface area (Å²) < 4.78 is 0.776. The second-order valence-corrected chi connectivity index (χ2v) is 6.19. The van der Waals surface area contributed by atoms with Crippen LogP contribution in [0.1, 0.15) is 31.7 Å². The van der Waals surface area contributed by atoms with Gasteiger partial charge < -0.3 is 10.6 Å². The monoisotopic (exact) mass is 274 g/mol. The average Bonchev–Trinajstić information content (AvgIpc) is 2.70. The van der Waals surface area contributed by atoms with Gasteiger partial charge in [0.05, 0.1) is 10.9 Å². The van der Waals surface area contributed by atoms with Crippen LogP contribution < -0.4 is 10.6 Å². The normalized spacial score (nSPS) is 12.8. The van der Waals surface area contributed by atoms with Crippen molar-refractivity contribution in [2.75, 3.05) is 13.1 Å². The summed E-state index contributed by atoms with van der Waals surface area (Å²) >= 11 is 7.40. The molecule has 0 bridgehead atoms. The fourth-order valence-electron chi connectivity index (χ4n) is 1.29. The minimum atomic E-state index is 0.0354. The Morgan fingerprint density at radius 2 is 2.12 bits per heavy atom. The molecular formula is C12H19ClN2OS. The van der Waals surface area contributed by atoms with Crippen molar-refractivity contribution >= 4 is 28.8 Å². The molecule has 1 aromatic heterocycles. The third-order valence-corrected chi connectivity index (χ3v) is 3.71. The molecule has 1 atom stereocenters. The lowest BCUT2D eigenvalue weighted by molar-refractivity contribution is -0.120. The van der Waals surface area contributed by atoms with Gasteiger partial charge in [0.2, 0.25) is 5.91 Å². The molecule has 3 nitrogen and oxygen atoms in total. The first kappa shape index (κ1) is 14.5. The van der Waals surface area contributed by atoms with Crippen LogP contribution in [0, 0.1) is 5.92 Å². The summed E-state index contributed by atoms with van der Waals surface area (Å²) in [6.45, 7) is 7.23. The van der Waals surface area contributed by atoms with Gasteiger partial charge in [0.1, 0.15) is 0 Å². The number of thiophene rings is 1. The van der Waals surface area contributed by atoms with E-state index < -0.39 is 0 Å². The van der Waals surface area contributed by atoms with E-state index in [9.17, 15) is 4.79 Å². The van der Waals surface area contributed by atoms with Crippen molar-refractivity contribution in [3.63, 3.8) is 0 Å². The predicted octanol–water partition coefficient (Wildman–Crippen LogP) is 2.82. The van der Waals surface area contributed by atoms with E-state index in [2.05, 4.69) is 24.5 Å². The van der Waals surface area contributed by atoms with E-state index in [4.69, 9.17) is 11.6 Å². The van der Waals surface area contributed by atoms with Crippen LogP contribution in [0.2, 0.25) is 4.34 Å². The van der Waals surface area contributed by atoms with Crippen molar-refractivity contribution in [3.05, 3.63) is 21.3 Å². The third kappa shape index (κ3) is 5.52. The SMILES string of the molecule is CC(C)CNC(=O)CNC(C)c1ccc(Cl)s1. The first-order chi connectivity index (χ1) is 7.99. The molecule has 5 heteroatoms. The van der Waals surface area contributed by atoms with E-state index >= 15 is 0 Å². The van der Waals surface area contributed by atoms with E-state index in [0.717, 1.165) is 15.8 Å². The second kappa shape index (κ2) is 6.99. The Kier molecular flexibility index (Phi) is 5.95. The highest BCUT2D eigenvalue weighted by Crippen LogP contribution is 2.26. The maximum absolute atomic E-state index is 11.5. The number of hydrogen-bond donors (Lipinski definition) is 2. The summed E-state index contributed by atoms with van der Waals surface area (Å²) in [6, 6.07) is 4.01. The number of halogens is 1. The van der Waals surface area contributed by atoms with Gasteiger partial charge in [-0.15, -0.1) is 11.3 Å². The molecule has 0 saturated carbocycles. The van der Waals surface area contributed by atoms with E-state index in [1.807, 2.05) is 19.1 Å². The van der Waals surface area contributed by atoms with Crippen LogP contribution in [0.5, 0.6) is 0 Å². The molecule has 0 saturated heterocycles. The molecule has 0 aliphatic heterocycles. The van der Waals surface area contributed by atoms with Gasteiger partial charge >= 0.3 is 0 Å². The van der Waals surface area contributed by atoms with E-state index in [1.165, 1.54) is 11.3 Å². The Morgan fingerprint density at radius 3 is 2.65 bits per heavy atom. The number of nitrogens with one attached hydrogen (secondary N) is 2. The van der Waals surface area contributed by atoms with Crippen molar-refractivity contribution in [2.45, 2.75) is 26.8 Å². The van der Waals surface area contributed by atoms with Crippen molar-refractivity contribution < 1.29 is 4.79 Å². The highest BCUT2D eigenvalue weighted by Gasteiger charge is 2.09. The smallest absolute Gasteiger partial charge is 0.233 e. The van der Waals surface area contributed by atoms with Gasteiger partial charge in [0.15, 0.2) is 0 Å². The number of hydrogen-bond acceptors (Lipinski definition) is 3.